The Balaban J connectivity index is 1.50. The summed E-state index contributed by atoms with van der Waals surface area (Å²) < 4.78 is 0. The summed E-state index contributed by atoms with van der Waals surface area (Å²) in [4.78, 5) is 17.3. The second kappa shape index (κ2) is 5.02. The first-order valence-corrected chi connectivity index (χ1v) is 7.82. The lowest BCUT2D eigenvalue weighted by atomic mass is 10.1. The molecular weight excluding hydrogens is 258 g/mol. The molecule has 0 bridgehead atoms. The van der Waals surface area contributed by atoms with E-state index in [1.807, 2.05) is 6.92 Å². The molecule has 0 radical (unpaired) electrons. The summed E-state index contributed by atoms with van der Waals surface area (Å²) in [6, 6.07) is 0.146. The van der Waals surface area contributed by atoms with Crippen LogP contribution < -0.4 is 5.73 Å². The van der Waals surface area contributed by atoms with E-state index < -0.39 is 0 Å². The predicted octanol–water partition coefficient (Wildman–Crippen LogP) is 0.851. The van der Waals surface area contributed by atoms with Crippen LogP contribution in [-0.2, 0) is 4.79 Å². The van der Waals surface area contributed by atoms with Gasteiger partial charge >= 0.3 is 0 Å². The number of amides is 1. The van der Waals surface area contributed by atoms with Crippen molar-refractivity contribution in [3.8, 4) is 0 Å². The summed E-state index contributed by atoms with van der Waals surface area (Å²) in [5.41, 5.74) is 5.69. The molecule has 5 heteroatoms. The van der Waals surface area contributed by atoms with Crippen molar-refractivity contribution < 1.29 is 4.79 Å². The van der Waals surface area contributed by atoms with E-state index in [1.54, 1.807) is 0 Å². The van der Waals surface area contributed by atoms with Crippen molar-refractivity contribution in [3.63, 3.8) is 0 Å². The van der Waals surface area contributed by atoms with E-state index >= 15 is 0 Å². The van der Waals surface area contributed by atoms with E-state index in [1.165, 1.54) is 19.3 Å². The van der Waals surface area contributed by atoms with Gasteiger partial charge in [-0.15, -0.1) is 0 Å². The molecule has 3 atom stereocenters. The zero-order valence-electron chi connectivity index (χ0n) is 11.5. The smallest absolute Gasteiger partial charge is 0.226 e. The molecule has 1 saturated heterocycles. The average molecular weight is 281 g/mol. The molecule has 1 aliphatic heterocycles. The molecule has 106 valence electrons. The van der Waals surface area contributed by atoms with E-state index in [9.17, 15) is 4.79 Å². The average Bonchev–Trinajstić information content (AvgIpc) is 2.89. The Morgan fingerprint density at radius 2 is 1.79 bits per heavy atom. The summed E-state index contributed by atoms with van der Waals surface area (Å²) in [5, 5.41) is 0. The Bertz CT molecular complexity index is 382. The largest absolute Gasteiger partial charge is 0.392 e. The Morgan fingerprint density at radius 1 is 1.21 bits per heavy atom. The lowest BCUT2D eigenvalue weighted by Crippen LogP contribution is -2.54. The molecule has 3 aliphatic rings. The van der Waals surface area contributed by atoms with Gasteiger partial charge in [-0.3, -0.25) is 9.69 Å². The highest BCUT2D eigenvalue weighted by Crippen LogP contribution is 2.58. The summed E-state index contributed by atoms with van der Waals surface area (Å²) in [6.45, 7) is 5.51. The molecule has 4 nitrogen and oxygen atoms in total. The van der Waals surface area contributed by atoms with Crippen molar-refractivity contribution in [2.75, 3.05) is 26.2 Å². The molecule has 2 N–H and O–H groups in total. The van der Waals surface area contributed by atoms with E-state index in [0.29, 0.717) is 16.8 Å². The fourth-order valence-electron chi connectivity index (χ4n) is 3.91. The van der Waals surface area contributed by atoms with Crippen molar-refractivity contribution in [1.29, 1.82) is 0 Å². The van der Waals surface area contributed by atoms with Crippen LogP contribution in [0.15, 0.2) is 0 Å². The maximum absolute atomic E-state index is 12.4. The number of nitrogens with zero attached hydrogens (tertiary/aromatic N) is 2. The first-order valence-electron chi connectivity index (χ1n) is 7.41. The molecule has 0 aromatic rings. The van der Waals surface area contributed by atoms with E-state index in [2.05, 4.69) is 9.80 Å². The van der Waals surface area contributed by atoms with E-state index in [-0.39, 0.29) is 6.04 Å². The maximum Gasteiger partial charge on any atom is 0.226 e. The molecule has 2 saturated carbocycles. The SMILES string of the molecule is CC(C(N)=S)N1CCN(C(=O)C2C3CCCC32)CC1. The number of thiocarbonyl (C=S) groups is 1. The topological polar surface area (TPSA) is 49.6 Å². The second-order valence-corrected chi connectivity index (χ2v) is 6.70. The molecule has 0 aromatic heterocycles. The molecule has 2 aliphatic carbocycles. The monoisotopic (exact) mass is 281 g/mol. The van der Waals surface area contributed by atoms with Gasteiger partial charge in [0.2, 0.25) is 5.91 Å². The predicted molar refractivity (Wildman–Crippen MR) is 78.7 cm³/mol. The van der Waals surface area contributed by atoms with Gasteiger partial charge in [-0.25, -0.2) is 0 Å². The first kappa shape index (κ1) is 13.3. The lowest BCUT2D eigenvalue weighted by molar-refractivity contribution is -0.135. The van der Waals surface area contributed by atoms with Gasteiger partial charge in [0.15, 0.2) is 0 Å². The van der Waals surface area contributed by atoms with Gasteiger partial charge < -0.3 is 10.6 Å². The van der Waals surface area contributed by atoms with E-state index in [0.717, 1.165) is 38.0 Å². The zero-order valence-corrected chi connectivity index (χ0v) is 12.4. The van der Waals surface area contributed by atoms with Gasteiger partial charge in [-0.05, 0) is 31.6 Å². The van der Waals surface area contributed by atoms with Crippen LogP contribution in [-0.4, -0.2) is 52.9 Å². The van der Waals surface area contributed by atoms with Crippen LogP contribution in [0.5, 0.6) is 0 Å². The van der Waals surface area contributed by atoms with Gasteiger partial charge in [0, 0.05) is 32.1 Å². The second-order valence-electron chi connectivity index (χ2n) is 6.22. The summed E-state index contributed by atoms with van der Waals surface area (Å²) in [7, 11) is 0. The highest BCUT2D eigenvalue weighted by molar-refractivity contribution is 7.80. The summed E-state index contributed by atoms with van der Waals surface area (Å²) in [6.07, 6.45) is 3.89. The maximum atomic E-state index is 12.4. The standard InChI is InChI=1S/C14H23N3OS/c1-9(13(15)19)16-5-7-17(8-6-16)14(18)12-10-3-2-4-11(10)12/h9-12H,2-8H2,1H3,(H2,15,19). The highest BCUT2D eigenvalue weighted by Gasteiger charge is 2.57. The van der Waals surface area contributed by atoms with Crippen molar-refractivity contribution >= 4 is 23.1 Å². The quantitative estimate of drug-likeness (QED) is 0.779. The summed E-state index contributed by atoms with van der Waals surface area (Å²) in [5.74, 6) is 2.23. The van der Waals surface area contributed by atoms with Crippen molar-refractivity contribution in [3.05, 3.63) is 0 Å². The lowest BCUT2D eigenvalue weighted by Gasteiger charge is -2.38. The van der Waals surface area contributed by atoms with Crippen LogP contribution >= 0.6 is 12.2 Å². The van der Waals surface area contributed by atoms with Gasteiger partial charge in [-0.2, -0.15) is 0 Å². The zero-order chi connectivity index (χ0) is 13.6. The molecule has 0 aromatic carbocycles. The highest BCUT2D eigenvalue weighted by atomic mass is 32.1. The number of carbonyl (C=O) groups excluding carboxylic acids is 1. The van der Waals surface area contributed by atoms with Crippen LogP contribution in [0.1, 0.15) is 26.2 Å². The molecule has 1 amide bonds. The van der Waals surface area contributed by atoms with Crippen molar-refractivity contribution in [2.45, 2.75) is 32.2 Å². The number of hydrogen-bond donors (Lipinski definition) is 1. The fraction of sp³-hybridized carbons (Fsp3) is 0.857. The van der Waals surface area contributed by atoms with Crippen LogP contribution in [0.3, 0.4) is 0 Å². The molecule has 3 rings (SSSR count). The van der Waals surface area contributed by atoms with Gasteiger partial charge in [0.25, 0.3) is 0 Å². The number of hydrogen-bond acceptors (Lipinski definition) is 3. The molecule has 0 spiro atoms. The number of piperazine rings is 1. The number of nitrogens with two attached hydrogens (primary N) is 1. The van der Waals surface area contributed by atoms with Crippen LogP contribution in [0.25, 0.3) is 0 Å². The Hall–Kier alpha value is -0.680. The molecule has 1 heterocycles. The van der Waals surface area contributed by atoms with Gasteiger partial charge in [0.05, 0.1) is 11.0 Å². The minimum absolute atomic E-state index is 0.146. The van der Waals surface area contributed by atoms with Crippen LogP contribution in [0, 0.1) is 17.8 Å². The Morgan fingerprint density at radius 3 is 2.32 bits per heavy atom. The molecule has 3 fully saturated rings. The number of rotatable bonds is 3. The minimum atomic E-state index is 0.146. The minimum Gasteiger partial charge on any atom is -0.392 e. The molecular formula is C14H23N3OS. The fourth-order valence-corrected chi connectivity index (χ4v) is 4.06. The number of fused-ring (bicyclic) bond motifs is 1. The normalized spacial score (nSPS) is 35.8. The van der Waals surface area contributed by atoms with Crippen molar-refractivity contribution in [1.82, 2.24) is 9.80 Å². The molecule has 19 heavy (non-hydrogen) atoms. The third-order valence-electron chi connectivity index (χ3n) is 5.28. The first-order chi connectivity index (χ1) is 9.09. The number of carbonyl (C=O) groups is 1. The van der Waals surface area contributed by atoms with Gasteiger partial charge in [-0.1, -0.05) is 18.6 Å². The van der Waals surface area contributed by atoms with Crippen LogP contribution in [0.2, 0.25) is 0 Å². The summed E-state index contributed by atoms with van der Waals surface area (Å²) >= 11 is 5.04. The Labute approximate surface area is 120 Å². The third kappa shape index (κ3) is 2.38. The third-order valence-corrected chi connectivity index (χ3v) is 5.62. The van der Waals surface area contributed by atoms with Gasteiger partial charge in [0.1, 0.15) is 0 Å². The van der Waals surface area contributed by atoms with Crippen molar-refractivity contribution in [2.24, 2.45) is 23.5 Å². The van der Waals surface area contributed by atoms with Crippen LogP contribution in [0.4, 0.5) is 0 Å². The Kier molecular flexibility index (Phi) is 3.52. The molecule has 3 unspecified atom stereocenters. The van der Waals surface area contributed by atoms with E-state index in [4.69, 9.17) is 18.0 Å².